The molecule has 1 saturated heterocycles. The van der Waals surface area contributed by atoms with Gasteiger partial charge in [-0.1, -0.05) is 20.8 Å². The van der Waals surface area contributed by atoms with Gasteiger partial charge in [-0.2, -0.15) is 0 Å². The zero-order valence-corrected chi connectivity index (χ0v) is 13.6. The van der Waals surface area contributed by atoms with Crippen molar-refractivity contribution in [2.45, 2.75) is 59.2 Å². The Morgan fingerprint density at radius 2 is 2.16 bits per heavy atom. The Hall–Kier alpha value is -0.380. The molecule has 2 nitrogen and oxygen atoms in total. The Morgan fingerprint density at radius 3 is 2.84 bits per heavy atom. The number of rotatable bonds is 5. The maximum atomic E-state index is 3.64. The fourth-order valence-electron chi connectivity index (χ4n) is 3.22. The van der Waals surface area contributed by atoms with E-state index in [4.69, 9.17) is 0 Å². The Kier molecular flexibility index (Phi) is 5.43. The predicted octanol–water partition coefficient (Wildman–Crippen LogP) is 3.52. The van der Waals surface area contributed by atoms with Crippen LogP contribution < -0.4 is 5.32 Å². The highest BCUT2D eigenvalue weighted by atomic mass is 32.1. The van der Waals surface area contributed by atoms with Crippen LogP contribution in [0.25, 0.3) is 0 Å². The molecule has 0 amide bonds. The van der Waals surface area contributed by atoms with Gasteiger partial charge in [-0.3, -0.25) is 4.90 Å². The Balaban J connectivity index is 1.99. The highest BCUT2D eigenvalue weighted by molar-refractivity contribution is 7.10. The molecule has 108 valence electrons. The zero-order chi connectivity index (χ0) is 13.8. The Labute approximate surface area is 122 Å². The van der Waals surface area contributed by atoms with E-state index in [0.717, 1.165) is 25.4 Å². The first kappa shape index (κ1) is 15.0. The van der Waals surface area contributed by atoms with E-state index in [-0.39, 0.29) is 0 Å². The van der Waals surface area contributed by atoms with Gasteiger partial charge in [-0.25, -0.2) is 0 Å². The van der Waals surface area contributed by atoms with Crippen LogP contribution in [0.1, 0.15) is 44.6 Å². The molecule has 2 rings (SSSR count). The molecule has 0 spiro atoms. The molecule has 19 heavy (non-hydrogen) atoms. The van der Waals surface area contributed by atoms with Gasteiger partial charge >= 0.3 is 0 Å². The van der Waals surface area contributed by atoms with Crippen molar-refractivity contribution in [2.24, 2.45) is 5.92 Å². The summed E-state index contributed by atoms with van der Waals surface area (Å²) in [5.41, 5.74) is 1.54. The van der Waals surface area contributed by atoms with Gasteiger partial charge in [0.25, 0.3) is 0 Å². The van der Waals surface area contributed by atoms with Crippen LogP contribution in [0.2, 0.25) is 0 Å². The molecule has 0 saturated carbocycles. The summed E-state index contributed by atoms with van der Waals surface area (Å²) in [7, 11) is 0. The number of nitrogens with one attached hydrogen (secondary N) is 1. The number of piperidine rings is 1. The molecule has 0 aromatic carbocycles. The van der Waals surface area contributed by atoms with Crippen LogP contribution in [-0.4, -0.2) is 30.1 Å². The average molecular weight is 280 g/mol. The first-order chi connectivity index (χ1) is 9.17. The van der Waals surface area contributed by atoms with E-state index in [1.165, 1.54) is 13.0 Å². The maximum absolute atomic E-state index is 3.64. The second kappa shape index (κ2) is 6.87. The van der Waals surface area contributed by atoms with Crippen molar-refractivity contribution in [1.29, 1.82) is 0 Å². The molecule has 2 heterocycles. The van der Waals surface area contributed by atoms with Gasteiger partial charge in [0.05, 0.1) is 0 Å². The minimum atomic E-state index is 0.671. The van der Waals surface area contributed by atoms with Crippen LogP contribution in [0.3, 0.4) is 0 Å². The van der Waals surface area contributed by atoms with E-state index in [1.54, 1.807) is 10.4 Å². The summed E-state index contributed by atoms with van der Waals surface area (Å²) in [6, 6.07) is 3.66. The monoisotopic (exact) mass is 280 g/mol. The van der Waals surface area contributed by atoms with Gasteiger partial charge in [0, 0.05) is 30.1 Å². The minimum absolute atomic E-state index is 0.671. The van der Waals surface area contributed by atoms with Crippen molar-refractivity contribution in [3.05, 3.63) is 21.9 Å². The third kappa shape index (κ3) is 3.39. The van der Waals surface area contributed by atoms with Gasteiger partial charge in [0.1, 0.15) is 0 Å². The van der Waals surface area contributed by atoms with E-state index < -0.39 is 0 Å². The van der Waals surface area contributed by atoms with Crippen molar-refractivity contribution in [1.82, 2.24) is 10.2 Å². The average Bonchev–Trinajstić information content (AvgIpc) is 2.86. The minimum Gasteiger partial charge on any atom is -0.314 e. The fourth-order valence-corrected chi connectivity index (χ4v) is 4.22. The number of thiophene rings is 1. The van der Waals surface area contributed by atoms with Gasteiger partial charge < -0.3 is 5.32 Å². The molecular weight excluding hydrogens is 252 g/mol. The lowest BCUT2D eigenvalue weighted by Gasteiger charge is -2.43. The largest absolute Gasteiger partial charge is 0.314 e. The summed E-state index contributed by atoms with van der Waals surface area (Å²) in [4.78, 5) is 4.24. The van der Waals surface area contributed by atoms with Gasteiger partial charge in [-0.05, 0) is 49.2 Å². The third-order valence-corrected chi connectivity index (χ3v) is 5.68. The standard InChI is InChI=1S/C16H28N2S/c1-5-14-8-10-19-16(14)11-18-9-7-15(17-6-2)12(3)13(18)4/h8,10,12-13,15,17H,5-7,9,11H2,1-4H3. The van der Waals surface area contributed by atoms with Crippen molar-refractivity contribution in [3.8, 4) is 0 Å². The molecule has 1 N–H and O–H groups in total. The van der Waals surface area contributed by atoms with E-state index in [1.807, 2.05) is 11.3 Å². The molecule has 3 unspecified atom stereocenters. The number of hydrogen-bond acceptors (Lipinski definition) is 3. The van der Waals surface area contributed by atoms with Crippen LogP contribution >= 0.6 is 11.3 Å². The summed E-state index contributed by atoms with van der Waals surface area (Å²) in [5.74, 6) is 0.735. The zero-order valence-electron chi connectivity index (χ0n) is 12.8. The summed E-state index contributed by atoms with van der Waals surface area (Å²) in [6.07, 6.45) is 2.45. The van der Waals surface area contributed by atoms with Crippen molar-refractivity contribution >= 4 is 11.3 Å². The molecule has 0 radical (unpaired) electrons. The first-order valence-corrected chi connectivity index (χ1v) is 8.58. The lowest BCUT2D eigenvalue weighted by atomic mass is 9.87. The highest BCUT2D eigenvalue weighted by Crippen LogP contribution is 2.27. The van der Waals surface area contributed by atoms with Crippen molar-refractivity contribution < 1.29 is 0 Å². The second-order valence-electron chi connectivity index (χ2n) is 5.75. The molecule has 1 aromatic rings. The maximum Gasteiger partial charge on any atom is 0.0333 e. The van der Waals surface area contributed by atoms with E-state index >= 15 is 0 Å². The number of aryl methyl sites for hydroxylation is 1. The topological polar surface area (TPSA) is 15.3 Å². The number of likely N-dealkylation sites (tertiary alicyclic amines) is 1. The molecule has 0 bridgehead atoms. The summed E-state index contributed by atoms with van der Waals surface area (Å²) < 4.78 is 0. The van der Waals surface area contributed by atoms with E-state index in [2.05, 4.69) is 49.4 Å². The smallest absolute Gasteiger partial charge is 0.0333 e. The van der Waals surface area contributed by atoms with Crippen LogP contribution in [0, 0.1) is 5.92 Å². The van der Waals surface area contributed by atoms with Crippen molar-refractivity contribution in [2.75, 3.05) is 13.1 Å². The second-order valence-corrected chi connectivity index (χ2v) is 6.75. The number of nitrogens with zero attached hydrogens (tertiary/aromatic N) is 1. The van der Waals surface area contributed by atoms with Gasteiger partial charge in [0.2, 0.25) is 0 Å². The molecule has 3 heteroatoms. The van der Waals surface area contributed by atoms with Gasteiger partial charge in [-0.15, -0.1) is 11.3 Å². The van der Waals surface area contributed by atoms with Crippen molar-refractivity contribution in [3.63, 3.8) is 0 Å². The molecule has 1 aromatic heterocycles. The molecule has 1 aliphatic heterocycles. The normalized spacial score (nSPS) is 28.7. The molecule has 3 atom stereocenters. The lowest BCUT2D eigenvalue weighted by Crippen LogP contribution is -2.52. The molecule has 1 fully saturated rings. The van der Waals surface area contributed by atoms with Crippen LogP contribution in [0.4, 0.5) is 0 Å². The Bertz CT molecular complexity index is 388. The third-order valence-electron chi connectivity index (χ3n) is 4.73. The van der Waals surface area contributed by atoms with Gasteiger partial charge in [0.15, 0.2) is 0 Å². The van der Waals surface area contributed by atoms with Crippen LogP contribution in [0.15, 0.2) is 11.4 Å². The summed E-state index contributed by atoms with van der Waals surface area (Å²) >= 11 is 1.92. The SMILES string of the molecule is CCNC1CCN(Cc2sccc2CC)C(C)C1C. The van der Waals surface area contributed by atoms with Crippen LogP contribution in [0.5, 0.6) is 0 Å². The molecule has 0 aliphatic carbocycles. The first-order valence-electron chi connectivity index (χ1n) is 7.70. The predicted molar refractivity (Wildman–Crippen MR) is 84.8 cm³/mol. The molecular formula is C16H28N2S. The Morgan fingerprint density at radius 1 is 1.37 bits per heavy atom. The lowest BCUT2D eigenvalue weighted by molar-refractivity contribution is 0.0797. The van der Waals surface area contributed by atoms with E-state index in [9.17, 15) is 0 Å². The van der Waals surface area contributed by atoms with E-state index in [0.29, 0.717) is 12.1 Å². The fraction of sp³-hybridized carbons (Fsp3) is 0.750. The molecule has 1 aliphatic rings. The highest BCUT2D eigenvalue weighted by Gasteiger charge is 2.32. The quantitative estimate of drug-likeness (QED) is 0.888. The van der Waals surface area contributed by atoms with Crippen LogP contribution in [-0.2, 0) is 13.0 Å². The summed E-state index contributed by atoms with van der Waals surface area (Å²) in [5, 5.41) is 5.89. The number of hydrogen-bond donors (Lipinski definition) is 1. The summed E-state index contributed by atoms with van der Waals surface area (Å²) in [6.45, 7) is 12.7.